The Morgan fingerprint density at radius 2 is 2.12 bits per heavy atom. The minimum absolute atomic E-state index is 0.157. The predicted octanol–water partition coefficient (Wildman–Crippen LogP) is 2.48. The van der Waals surface area contributed by atoms with Crippen molar-refractivity contribution in [3.05, 3.63) is 29.8 Å². The molecular weight excluding hydrogens is 207 g/mol. The Labute approximate surface area is 95.3 Å². The molecule has 1 aromatic heterocycles. The number of pyridine rings is 1. The molecule has 0 aliphatic rings. The van der Waals surface area contributed by atoms with Gasteiger partial charge in [-0.1, -0.05) is 13.8 Å². The number of hydrogen-bond acceptors (Lipinski definition) is 2. The van der Waals surface area contributed by atoms with Crippen molar-refractivity contribution in [2.24, 2.45) is 0 Å². The lowest BCUT2D eigenvalue weighted by molar-refractivity contribution is 0.0723. The molecule has 0 unspecified atom stereocenters. The van der Waals surface area contributed by atoms with Crippen LogP contribution in [-0.2, 0) is 0 Å². The molecule has 0 saturated heterocycles. The molecule has 0 N–H and O–H groups in total. The third-order valence-corrected chi connectivity index (χ3v) is 2.78. The molecule has 1 aromatic rings. The van der Waals surface area contributed by atoms with Crippen LogP contribution < -0.4 is 0 Å². The lowest BCUT2D eigenvalue weighted by atomic mass is 10.1. The Balaban J connectivity index is 2.85. The smallest absolute Gasteiger partial charge is 0.254 e. The van der Waals surface area contributed by atoms with E-state index in [0.717, 1.165) is 12.8 Å². The fourth-order valence-corrected chi connectivity index (χ4v) is 1.74. The lowest BCUT2D eigenvalue weighted by Gasteiger charge is -2.26. The van der Waals surface area contributed by atoms with E-state index in [1.165, 1.54) is 18.3 Å². The van der Waals surface area contributed by atoms with Gasteiger partial charge in [-0.3, -0.25) is 4.79 Å². The van der Waals surface area contributed by atoms with E-state index in [-0.39, 0.29) is 11.9 Å². The second-order valence-corrected chi connectivity index (χ2v) is 3.75. The zero-order valence-electron chi connectivity index (χ0n) is 9.90. The Morgan fingerprint density at radius 1 is 1.50 bits per heavy atom. The maximum Gasteiger partial charge on any atom is 0.254 e. The first-order valence-corrected chi connectivity index (χ1v) is 5.48. The highest BCUT2D eigenvalue weighted by Gasteiger charge is 2.18. The van der Waals surface area contributed by atoms with Gasteiger partial charge in [0, 0.05) is 30.9 Å². The Kier molecular flexibility index (Phi) is 4.40. The van der Waals surface area contributed by atoms with Gasteiger partial charge in [0.25, 0.3) is 5.91 Å². The zero-order valence-corrected chi connectivity index (χ0v) is 9.90. The molecule has 1 rings (SSSR count). The fourth-order valence-electron chi connectivity index (χ4n) is 1.74. The maximum absolute atomic E-state index is 12.9. The lowest BCUT2D eigenvalue weighted by Crippen LogP contribution is -2.36. The average molecular weight is 224 g/mol. The number of rotatable bonds is 4. The average Bonchev–Trinajstić information content (AvgIpc) is 2.29. The summed E-state index contributed by atoms with van der Waals surface area (Å²) in [7, 11) is 1.75. The monoisotopic (exact) mass is 224 g/mol. The van der Waals surface area contributed by atoms with Gasteiger partial charge in [-0.05, 0) is 18.9 Å². The summed E-state index contributed by atoms with van der Waals surface area (Å²) < 4.78 is 12.9. The van der Waals surface area contributed by atoms with E-state index in [1.54, 1.807) is 11.9 Å². The van der Waals surface area contributed by atoms with Crippen LogP contribution in [0.15, 0.2) is 18.3 Å². The van der Waals surface area contributed by atoms with Gasteiger partial charge in [0.15, 0.2) is 0 Å². The van der Waals surface area contributed by atoms with Crippen molar-refractivity contribution >= 4 is 5.91 Å². The number of amides is 1. The summed E-state index contributed by atoms with van der Waals surface area (Å²) in [6.07, 6.45) is 3.10. The Bertz CT molecular complexity index is 364. The quantitative estimate of drug-likeness (QED) is 0.736. The summed E-state index contributed by atoms with van der Waals surface area (Å²) in [5, 5.41) is 0. The van der Waals surface area contributed by atoms with Crippen molar-refractivity contribution in [1.82, 2.24) is 9.88 Å². The largest absolute Gasteiger partial charge is 0.339 e. The molecule has 0 aromatic carbocycles. The van der Waals surface area contributed by atoms with Gasteiger partial charge < -0.3 is 4.90 Å². The Hall–Kier alpha value is -1.45. The molecule has 0 bridgehead atoms. The van der Waals surface area contributed by atoms with E-state index in [4.69, 9.17) is 0 Å². The van der Waals surface area contributed by atoms with Crippen LogP contribution in [0, 0.1) is 5.95 Å². The van der Waals surface area contributed by atoms with Gasteiger partial charge in [0.1, 0.15) is 0 Å². The molecule has 0 aliphatic heterocycles. The van der Waals surface area contributed by atoms with Crippen LogP contribution in [0.3, 0.4) is 0 Å². The van der Waals surface area contributed by atoms with Crippen LogP contribution >= 0.6 is 0 Å². The molecular formula is C12H17FN2O. The van der Waals surface area contributed by atoms with Crippen molar-refractivity contribution in [3.63, 3.8) is 0 Å². The molecule has 0 spiro atoms. The van der Waals surface area contributed by atoms with Crippen LogP contribution in [0.25, 0.3) is 0 Å². The van der Waals surface area contributed by atoms with E-state index in [0.29, 0.717) is 5.56 Å². The van der Waals surface area contributed by atoms with E-state index in [1.807, 2.05) is 13.8 Å². The molecule has 3 nitrogen and oxygen atoms in total. The second kappa shape index (κ2) is 5.58. The van der Waals surface area contributed by atoms with Crippen molar-refractivity contribution in [3.8, 4) is 0 Å². The second-order valence-electron chi connectivity index (χ2n) is 3.75. The number of hydrogen-bond donors (Lipinski definition) is 0. The summed E-state index contributed by atoms with van der Waals surface area (Å²) in [4.78, 5) is 17.1. The van der Waals surface area contributed by atoms with Gasteiger partial charge in [-0.2, -0.15) is 4.39 Å². The van der Waals surface area contributed by atoms with Gasteiger partial charge >= 0.3 is 0 Å². The molecule has 0 saturated carbocycles. The Morgan fingerprint density at radius 3 is 2.62 bits per heavy atom. The summed E-state index contributed by atoms with van der Waals surface area (Å²) in [5.41, 5.74) is 0.349. The standard InChI is InChI=1S/C12H17FN2O/c1-4-10(5-2)15(3)12(16)9-6-7-14-11(13)8-9/h6-8,10H,4-5H2,1-3H3. The first-order valence-electron chi connectivity index (χ1n) is 5.48. The fraction of sp³-hybridized carbons (Fsp3) is 0.500. The minimum atomic E-state index is -0.621. The third kappa shape index (κ3) is 2.78. The van der Waals surface area contributed by atoms with Gasteiger partial charge in [-0.15, -0.1) is 0 Å². The van der Waals surface area contributed by atoms with Gasteiger partial charge in [0.05, 0.1) is 0 Å². The minimum Gasteiger partial charge on any atom is -0.339 e. The zero-order chi connectivity index (χ0) is 12.1. The molecule has 16 heavy (non-hydrogen) atoms. The first kappa shape index (κ1) is 12.6. The number of halogens is 1. The summed E-state index contributed by atoms with van der Waals surface area (Å²) in [5.74, 6) is -0.779. The maximum atomic E-state index is 12.9. The van der Waals surface area contributed by atoms with E-state index < -0.39 is 5.95 Å². The van der Waals surface area contributed by atoms with Gasteiger partial charge in [-0.25, -0.2) is 4.98 Å². The molecule has 1 heterocycles. The van der Waals surface area contributed by atoms with Crippen molar-refractivity contribution < 1.29 is 9.18 Å². The highest BCUT2D eigenvalue weighted by atomic mass is 19.1. The highest BCUT2D eigenvalue weighted by molar-refractivity contribution is 5.94. The first-order chi connectivity index (χ1) is 7.60. The topological polar surface area (TPSA) is 33.2 Å². The van der Waals surface area contributed by atoms with E-state index in [2.05, 4.69) is 4.98 Å². The molecule has 0 aliphatic carbocycles. The van der Waals surface area contributed by atoms with E-state index >= 15 is 0 Å². The predicted molar refractivity (Wildman–Crippen MR) is 60.7 cm³/mol. The molecule has 88 valence electrons. The molecule has 1 amide bonds. The number of aromatic nitrogens is 1. The summed E-state index contributed by atoms with van der Waals surface area (Å²) in [6.45, 7) is 4.07. The van der Waals surface area contributed by atoms with E-state index in [9.17, 15) is 9.18 Å². The number of carbonyl (C=O) groups excluding carboxylic acids is 1. The summed E-state index contributed by atoms with van der Waals surface area (Å²) >= 11 is 0. The van der Waals surface area contributed by atoms with Crippen LogP contribution in [0.5, 0.6) is 0 Å². The van der Waals surface area contributed by atoms with Crippen LogP contribution in [0.4, 0.5) is 4.39 Å². The molecule has 0 atom stereocenters. The molecule has 0 fully saturated rings. The van der Waals surface area contributed by atoms with Crippen LogP contribution in [0.2, 0.25) is 0 Å². The number of carbonyl (C=O) groups is 1. The highest BCUT2D eigenvalue weighted by Crippen LogP contribution is 2.11. The molecule has 0 radical (unpaired) electrons. The van der Waals surface area contributed by atoms with Crippen molar-refractivity contribution in [2.45, 2.75) is 32.7 Å². The van der Waals surface area contributed by atoms with Crippen molar-refractivity contribution in [2.75, 3.05) is 7.05 Å². The number of nitrogens with zero attached hydrogens (tertiary/aromatic N) is 2. The molecule has 4 heteroatoms. The SMILES string of the molecule is CCC(CC)N(C)C(=O)c1ccnc(F)c1. The van der Waals surface area contributed by atoms with Crippen molar-refractivity contribution in [1.29, 1.82) is 0 Å². The normalized spacial score (nSPS) is 10.6. The van der Waals surface area contributed by atoms with Crippen LogP contribution in [-0.4, -0.2) is 28.9 Å². The van der Waals surface area contributed by atoms with Crippen LogP contribution in [0.1, 0.15) is 37.0 Å². The van der Waals surface area contributed by atoms with Gasteiger partial charge in [0.2, 0.25) is 5.95 Å². The third-order valence-electron chi connectivity index (χ3n) is 2.78. The summed E-state index contributed by atoms with van der Waals surface area (Å²) in [6, 6.07) is 2.90.